The van der Waals surface area contributed by atoms with Crippen molar-refractivity contribution in [1.82, 2.24) is 9.78 Å². The molecule has 2 aliphatic rings. The Morgan fingerprint density at radius 2 is 2.18 bits per heavy atom. The summed E-state index contributed by atoms with van der Waals surface area (Å²) < 4.78 is 8.69. The lowest BCUT2D eigenvalue weighted by atomic mass is 9.97. The lowest BCUT2D eigenvalue weighted by molar-refractivity contribution is 0.0842. The van der Waals surface area contributed by atoms with Gasteiger partial charge in [0.15, 0.2) is 0 Å². The number of nitrogens with zero attached hydrogens (tertiary/aromatic N) is 2. The molecule has 17 heavy (non-hydrogen) atoms. The molecule has 0 aromatic carbocycles. The Morgan fingerprint density at radius 3 is 2.94 bits per heavy atom. The molecule has 2 aliphatic heterocycles. The fourth-order valence-electron chi connectivity index (χ4n) is 2.62. The number of hydrogen-bond donors (Lipinski definition) is 1. The third-order valence-electron chi connectivity index (χ3n) is 3.63. The van der Waals surface area contributed by atoms with Gasteiger partial charge in [0.1, 0.15) is 5.82 Å². The van der Waals surface area contributed by atoms with E-state index in [0.29, 0.717) is 11.8 Å². The molecule has 4 nitrogen and oxygen atoms in total. The predicted octanol–water partition coefficient (Wildman–Crippen LogP) is 2.60. The molecule has 1 unspecified atom stereocenters. The molecule has 1 N–H and O–H groups in total. The predicted molar refractivity (Wildman–Crippen MR) is 70.4 cm³/mol. The summed E-state index contributed by atoms with van der Waals surface area (Å²) in [5, 5.41) is 8.24. The van der Waals surface area contributed by atoms with Gasteiger partial charge in [-0.25, -0.2) is 4.68 Å². The van der Waals surface area contributed by atoms with Crippen LogP contribution in [-0.2, 0) is 11.3 Å². The van der Waals surface area contributed by atoms with Crippen LogP contribution in [0.15, 0.2) is 4.47 Å². The number of halogens is 1. The van der Waals surface area contributed by atoms with Crippen molar-refractivity contribution < 1.29 is 4.74 Å². The molecule has 0 aliphatic carbocycles. The lowest BCUT2D eigenvalue weighted by Crippen LogP contribution is -2.25. The zero-order valence-electron chi connectivity index (χ0n) is 10.1. The van der Waals surface area contributed by atoms with E-state index in [4.69, 9.17) is 9.84 Å². The molecule has 3 heterocycles. The second-order valence-corrected chi connectivity index (χ2v) is 5.90. The Morgan fingerprint density at radius 1 is 1.41 bits per heavy atom. The summed E-state index contributed by atoms with van der Waals surface area (Å²) >= 11 is 3.71. The number of hydrogen-bond acceptors (Lipinski definition) is 3. The Bertz CT molecular complexity index is 412. The highest BCUT2D eigenvalue weighted by molar-refractivity contribution is 9.10. The first-order valence-electron chi connectivity index (χ1n) is 6.33. The fraction of sp³-hybridized carbons (Fsp3) is 0.750. The number of ether oxygens (including phenoxy) is 1. The van der Waals surface area contributed by atoms with Crippen molar-refractivity contribution in [3.63, 3.8) is 0 Å². The standard InChI is InChI=1S/C12H18BrN3O/c1-8-6-14-12-10(13)11(15-16(12)7-8)9-2-4-17-5-3-9/h8-9,14H,2-7H2,1H3. The average molecular weight is 300 g/mol. The van der Waals surface area contributed by atoms with Gasteiger partial charge >= 0.3 is 0 Å². The quantitative estimate of drug-likeness (QED) is 0.866. The topological polar surface area (TPSA) is 39.1 Å². The minimum atomic E-state index is 0.549. The van der Waals surface area contributed by atoms with Crippen molar-refractivity contribution in [3.05, 3.63) is 10.2 Å². The molecule has 5 heteroatoms. The van der Waals surface area contributed by atoms with Gasteiger partial charge in [-0.3, -0.25) is 0 Å². The number of fused-ring (bicyclic) bond motifs is 1. The molecule has 0 spiro atoms. The van der Waals surface area contributed by atoms with Crippen LogP contribution in [0, 0.1) is 5.92 Å². The Kier molecular flexibility index (Phi) is 3.13. The van der Waals surface area contributed by atoms with E-state index in [1.54, 1.807) is 0 Å². The van der Waals surface area contributed by atoms with E-state index in [0.717, 1.165) is 49.4 Å². The van der Waals surface area contributed by atoms with Crippen molar-refractivity contribution in [2.24, 2.45) is 5.92 Å². The molecular formula is C12H18BrN3O. The summed E-state index contributed by atoms with van der Waals surface area (Å²) in [7, 11) is 0. The van der Waals surface area contributed by atoms with E-state index in [2.05, 4.69) is 32.9 Å². The third-order valence-corrected chi connectivity index (χ3v) is 4.41. The largest absolute Gasteiger partial charge is 0.381 e. The van der Waals surface area contributed by atoms with Gasteiger partial charge in [0.25, 0.3) is 0 Å². The number of nitrogens with one attached hydrogen (secondary N) is 1. The van der Waals surface area contributed by atoms with E-state index in [-0.39, 0.29) is 0 Å². The highest BCUT2D eigenvalue weighted by Crippen LogP contribution is 2.37. The van der Waals surface area contributed by atoms with Crippen molar-refractivity contribution in [2.75, 3.05) is 25.1 Å². The molecule has 0 radical (unpaired) electrons. The van der Waals surface area contributed by atoms with Gasteiger partial charge < -0.3 is 10.1 Å². The molecule has 0 amide bonds. The van der Waals surface area contributed by atoms with E-state index in [9.17, 15) is 0 Å². The van der Waals surface area contributed by atoms with Crippen LogP contribution in [0.25, 0.3) is 0 Å². The summed E-state index contributed by atoms with van der Waals surface area (Å²) in [6, 6.07) is 0. The van der Waals surface area contributed by atoms with Crippen molar-refractivity contribution in [1.29, 1.82) is 0 Å². The van der Waals surface area contributed by atoms with Crippen molar-refractivity contribution in [3.8, 4) is 0 Å². The maximum atomic E-state index is 5.41. The fourth-order valence-corrected chi connectivity index (χ4v) is 3.37. The van der Waals surface area contributed by atoms with E-state index in [1.165, 1.54) is 5.69 Å². The molecule has 3 rings (SSSR count). The van der Waals surface area contributed by atoms with E-state index < -0.39 is 0 Å². The SMILES string of the molecule is CC1CNc2c(Br)c(C3CCOCC3)nn2C1. The summed E-state index contributed by atoms with van der Waals surface area (Å²) in [5.74, 6) is 2.36. The number of anilines is 1. The van der Waals surface area contributed by atoms with Crippen LogP contribution < -0.4 is 5.32 Å². The second kappa shape index (κ2) is 4.61. The zero-order chi connectivity index (χ0) is 11.8. The Balaban J connectivity index is 1.90. The summed E-state index contributed by atoms with van der Waals surface area (Å²) in [6.45, 7) is 6.04. The van der Waals surface area contributed by atoms with Crippen LogP contribution in [0.3, 0.4) is 0 Å². The molecule has 94 valence electrons. The molecule has 0 saturated carbocycles. The first-order chi connectivity index (χ1) is 8.25. The molecule has 1 aromatic heterocycles. The van der Waals surface area contributed by atoms with Crippen LogP contribution in [-0.4, -0.2) is 29.5 Å². The van der Waals surface area contributed by atoms with Crippen molar-refractivity contribution >= 4 is 21.7 Å². The van der Waals surface area contributed by atoms with E-state index in [1.807, 2.05) is 0 Å². The van der Waals surface area contributed by atoms with Crippen LogP contribution in [0.5, 0.6) is 0 Å². The summed E-state index contributed by atoms with van der Waals surface area (Å²) in [5.41, 5.74) is 1.21. The molecular weight excluding hydrogens is 282 g/mol. The van der Waals surface area contributed by atoms with Gasteiger partial charge in [-0.15, -0.1) is 0 Å². The van der Waals surface area contributed by atoms with Gasteiger partial charge in [-0.05, 0) is 34.7 Å². The first-order valence-corrected chi connectivity index (χ1v) is 7.13. The van der Waals surface area contributed by atoms with E-state index >= 15 is 0 Å². The minimum Gasteiger partial charge on any atom is -0.381 e. The molecule has 1 fully saturated rings. The smallest absolute Gasteiger partial charge is 0.139 e. The molecule has 1 atom stereocenters. The van der Waals surface area contributed by atoms with Gasteiger partial charge in [0.05, 0.1) is 10.2 Å². The van der Waals surface area contributed by atoms with Crippen LogP contribution in [0.4, 0.5) is 5.82 Å². The van der Waals surface area contributed by atoms with Gasteiger partial charge in [0.2, 0.25) is 0 Å². The van der Waals surface area contributed by atoms with Gasteiger partial charge in [0, 0.05) is 32.2 Å². The Labute approximate surface area is 110 Å². The monoisotopic (exact) mass is 299 g/mol. The van der Waals surface area contributed by atoms with Gasteiger partial charge in [-0.2, -0.15) is 5.10 Å². The molecule has 0 bridgehead atoms. The van der Waals surface area contributed by atoms with Crippen molar-refractivity contribution in [2.45, 2.75) is 32.2 Å². The first kappa shape index (κ1) is 11.5. The lowest BCUT2D eigenvalue weighted by Gasteiger charge is -2.21. The van der Waals surface area contributed by atoms with Crippen LogP contribution in [0.2, 0.25) is 0 Å². The maximum Gasteiger partial charge on any atom is 0.139 e. The average Bonchev–Trinajstić information content (AvgIpc) is 2.67. The zero-order valence-corrected chi connectivity index (χ0v) is 11.7. The Hall–Kier alpha value is -0.550. The van der Waals surface area contributed by atoms with Crippen LogP contribution in [0.1, 0.15) is 31.4 Å². The molecule has 1 aromatic rings. The second-order valence-electron chi connectivity index (χ2n) is 5.10. The summed E-state index contributed by atoms with van der Waals surface area (Å²) in [4.78, 5) is 0. The number of aromatic nitrogens is 2. The minimum absolute atomic E-state index is 0.549. The highest BCUT2D eigenvalue weighted by atomic mass is 79.9. The number of rotatable bonds is 1. The highest BCUT2D eigenvalue weighted by Gasteiger charge is 2.27. The van der Waals surface area contributed by atoms with Gasteiger partial charge in [-0.1, -0.05) is 6.92 Å². The summed E-state index contributed by atoms with van der Waals surface area (Å²) in [6.07, 6.45) is 2.18. The molecule has 1 saturated heterocycles. The van der Waals surface area contributed by atoms with Crippen LogP contribution >= 0.6 is 15.9 Å². The normalized spacial score (nSPS) is 25.4. The maximum absolute atomic E-state index is 5.41. The third kappa shape index (κ3) is 2.10.